The summed E-state index contributed by atoms with van der Waals surface area (Å²) in [5, 5.41) is 28.2. The lowest BCUT2D eigenvalue weighted by atomic mass is 10.1. The largest absolute Gasteiger partial charge is 0.480 e. The Morgan fingerprint density at radius 3 is 2.89 bits per heavy atom. The van der Waals surface area contributed by atoms with Gasteiger partial charge in [-0.15, -0.1) is 11.8 Å². The third-order valence-electron chi connectivity index (χ3n) is 3.21. The quantitative estimate of drug-likeness (QED) is 0.811. The number of rotatable bonds is 3. The van der Waals surface area contributed by atoms with Crippen molar-refractivity contribution in [3.8, 4) is 6.07 Å². The van der Waals surface area contributed by atoms with Crippen LogP contribution in [0.3, 0.4) is 0 Å². The Morgan fingerprint density at radius 2 is 2.32 bits per heavy atom. The average molecular weight is 278 g/mol. The lowest BCUT2D eigenvalue weighted by Crippen LogP contribution is -2.36. The van der Waals surface area contributed by atoms with Crippen molar-refractivity contribution in [3.63, 3.8) is 0 Å². The van der Waals surface area contributed by atoms with Crippen LogP contribution in [0.25, 0.3) is 0 Å². The number of nitriles is 1. The summed E-state index contributed by atoms with van der Waals surface area (Å²) in [6.45, 7) is 0.240. The monoisotopic (exact) mass is 278 g/mol. The van der Waals surface area contributed by atoms with Crippen molar-refractivity contribution in [2.75, 3.05) is 17.7 Å². The minimum absolute atomic E-state index is 0.184. The van der Waals surface area contributed by atoms with Gasteiger partial charge < -0.3 is 15.1 Å². The van der Waals surface area contributed by atoms with E-state index in [4.69, 9.17) is 0 Å². The fourth-order valence-electron chi connectivity index (χ4n) is 2.36. The molecule has 1 aliphatic heterocycles. The number of aliphatic carboxylic acids is 1. The van der Waals surface area contributed by atoms with Crippen LogP contribution in [0.15, 0.2) is 23.1 Å². The molecule has 0 radical (unpaired) electrons. The van der Waals surface area contributed by atoms with Crippen molar-refractivity contribution in [2.45, 2.75) is 23.5 Å². The van der Waals surface area contributed by atoms with Gasteiger partial charge in [-0.2, -0.15) is 5.26 Å². The number of nitrogens with zero attached hydrogens (tertiary/aromatic N) is 2. The van der Waals surface area contributed by atoms with E-state index in [1.54, 1.807) is 17.0 Å². The second-order valence-electron chi connectivity index (χ2n) is 4.36. The van der Waals surface area contributed by atoms with Crippen LogP contribution in [0.2, 0.25) is 0 Å². The minimum atomic E-state index is -0.977. The summed E-state index contributed by atoms with van der Waals surface area (Å²) in [5.74, 6) is -0.977. The third-order valence-corrected chi connectivity index (χ3v) is 3.99. The van der Waals surface area contributed by atoms with E-state index in [0.29, 0.717) is 11.3 Å². The maximum absolute atomic E-state index is 11.2. The number of hydrogen-bond acceptors (Lipinski definition) is 5. The van der Waals surface area contributed by atoms with Gasteiger partial charge in [0.1, 0.15) is 12.1 Å². The van der Waals surface area contributed by atoms with Gasteiger partial charge in [0.15, 0.2) is 0 Å². The Morgan fingerprint density at radius 1 is 1.58 bits per heavy atom. The number of hydrogen-bond donors (Lipinski definition) is 2. The summed E-state index contributed by atoms with van der Waals surface area (Å²) in [7, 11) is 0. The van der Waals surface area contributed by atoms with Crippen LogP contribution in [0.4, 0.5) is 5.69 Å². The molecular formula is C13H14N2O3S. The molecule has 2 rings (SSSR count). The first kappa shape index (κ1) is 13.7. The van der Waals surface area contributed by atoms with Crippen LogP contribution < -0.4 is 4.90 Å². The second kappa shape index (κ2) is 5.51. The van der Waals surface area contributed by atoms with Crippen LogP contribution in [0, 0.1) is 11.3 Å². The van der Waals surface area contributed by atoms with Crippen LogP contribution in [0.5, 0.6) is 0 Å². The number of β-amino-alcohol motifs (C(OH)–C–C–N with tert-alkyl or cyclic N) is 1. The molecule has 1 aromatic carbocycles. The predicted molar refractivity (Wildman–Crippen MR) is 72.3 cm³/mol. The first-order chi connectivity index (χ1) is 9.08. The smallest absolute Gasteiger partial charge is 0.326 e. The summed E-state index contributed by atoms with van der Waals surface area (Å²) in [5.41, 5.74) is 1.05. The van der Waals surface area contributed by atoms with E-state index in [1.807, 2.05) is 12.3 Å². The van der Waals surface area contributed by atoms with Gasteiger partial charge in [0.05, 0.1) is 17.4 Å². The fourth-order valence-corrected chi connectivity index (χ4v) is 2.92. The lowest BCUT2D eigenvalue weighted by molar-refractivity contribution is -0.138. The van der Waals surface area contributed by atoms with Crippen molar-refractivity contribution < 1.29 is 15.0 Å². The van der Waals surface area contributed by atoms with Gasteiger partial charge in [-0.25, -0.2) is 4.79 Å². The van der Waals surface area contributed by atoms with Gasteiger partial charge in [0.25, 0.3) is 0 Å². The predicted octanol–water partition coefficient (Wildman–Crippen LogP) is 1.30. The lowest BCUT2D eigenvalue weighted by Gasteiger charge is -2.25. The molecule has 6 heteroatoms. The molecular weight excluding hydrogens is 264 g/mol. The van der Waals surface area contributed by atoms with Crippen LogP contribution >= 0.6 is 11.8 Å². The van der Waals surface area contributed by atoms with Gasteiger partial charge in [0.2, 0.25) is 0 Å². The van der Waals surface area contributed by atoms with E-state index < -0.39 is 18.1 Å². The highest BCUT2D eigenvalue weighted by Crippen LogP contribution is 2.33. The van der Waals surface area contributed by atoms with Gasteiger partial charge in [-0.05, 0) is 18.4 Å². The molecule has 19 heavy (non-hydrogen) atoms. The third kappa shape index (κ3) is 2.53. The molecule has 0 saturated carbocycles. The first-order valence-electron chi connectivity index (χ1n) is 5.83. The number of aliphatic hydroxyl groups excluding tert-OH is 1. The van der Waals surface area contributed by atoms with Crippen molar-refractivity contribution >= 4 is 23.4 Å². The van der Waals surface area contributed by atoms with Crippen molar-refractivity contribution in [2.24, 2.45) is 0 Å². The zero-order valence-corrected chi connectivity index (χ0v) is 11.2. The van der Waals surface area contributed by atoms with Crippen molar-refractivity contribution in [3.05, 3.63) is 23.8 Å². The second-order valence-corrected chi connectivity index (χ2v) is 5.21. The van der Waals surface area contributed by atoms with Crippen LogP contribution in [-0.4, -0.2) is 41.1 Å². The number of carbonyl (C=O) groups is 1. The van der Waals surface area contributed by atoms with Crippen LogP contribution in [0.1, 0.15) is 12.0 Å². The summed E-state index contributed by atoms with van der Waals surface area (Å²) in [6.07, 6.45) is 1.38. The Hall–Kier alpha value is -1.71. The van der Waals surface area contributed by atoms with E-state index in [0.717, 1.165) is 4.90 Å². The topological polar surface area (TPSA) is 84.6 Å². The van der Waals surface area contributed by atoms with E-state index in [2.05, 4.69) is 6.07 Å². The van der Waals surface area contributed by atoms with E-state index in [1.165, 1.54) is 11.8 Å². The van der Waals surface area contributed by atoms with E-state index in [-0.39, 0.29) is 13.0 Å². The highest BCUT2D eigenvalue weighted by Gasteiger charge is 2.37. The molecule has 1 aromatic rings. The van der Waals surface area contributed by atoms with Gasteiger partial charge >= 0.3 is 5.97 Å². The molecule has 0 aliphatic carbocycles. The molecule has 2 atom stereocenters. The molecule has 1 aliphatic rings. The molecule has 100 valence electrons. The number of carboxylic acid groups (broad SMARTS) is 1. The molecule has 2 unspecified atom stereocenters. The number of aliphatic hydroxyl groups is 1. The summed E-state index contributed by atoms with van der Waals surface area (Å²) in [4.78, 5) is 13.7. The zero-order chi connectivity index (χ0) is 14.0. The molecule has 0 spiro atoms. The van der Waals surface area contributed by atoms with Gasteiger partial charge in [-0.3, -0.25) is 0 Å². The summed E-state index contributed by atoms with van der Waals surface area (Å²) >= 11 is 1.44. The van der Waals surface area contributed by atoms with Crippen molar-refractivity contribution in [1.29, 1.82) is 5.26 Å². The number of carboxylic acids is 1. The van der Waals surface area contributed by atoms with Crippen molar-refractivity contribution in [1.82, 2.24) is 0 Å². The highest BCUT2D eigenvalue weighted by molar-refractivity contribution is 7.98. The number of benzene rings is 1. The summed E-state index contributed by atoms with van der Waals surface area (Å²) < 4.78 is 0. The summed E-state index contributed by atoms with van der Waals surface area (Å²) in [6, 6.07) is 6.70. The van der Waals surface area contributed by atoms with Gasteiger partial charge in [-0.1, -0.05) is 6.07 Å². The van der Waals surface area contributed by atoms with E-state index in [9.17, 15) is 20.3 Å². The van der Waals surface area contributed by atoms with Gasteiger partial charge in [0, 0.05) is 17.9 Å². The maximum Gasteiger partial charge on any atom is 0.326 e. The molecule has 5 nitrogen and oxygen atoms in total. The number of anilines is 1. The Kier molecular flexibility index (Phi) is 3.98. The molecule has 1 saturated heterocycles. The fraction of sp³-hybridized carbons (Fsp3) is 0.385. The Bertz CT molecular complexity index is 541. The number of thioether (sulfide) groups is 1. The molecule has 0 aromatic heterocycles. The Labute approximate surface area is 115 Å². The van der Waals surface area contributed by atoms with Crippen LogP contribution in [-0.2, 0) is 4.79 Å². The van der Waals surface area contributed by atoms with E-state index >= 15 is 0 Å². The maximum atomic E-state index is 11.2. The Balaban J connectivity index is 2.47. The normalized spacial score (nSPS) is 22.3. The average Bonchev–Trinajstić information content (AvgIpc) is 2.79. The SMILES string of the molecule is CSc1cccc(N2CC(O)CC2C(=O)O)c1C#N. The molecule has 1 fully saturated rings. The molecule has 1 heterocycles. The standard InChI is InChI=1S/C13H14N2O3S/c1-19-12-4-2-3-10(9(12)6-14)15-7-8(16)5-11(15)13(17)18/h2-4,8,11,16H,5,7H2,1H3,(H,17,18). The zero-order valence-electron chi connectivity index (χ0n) is 10.4. The molecule has 0 bridgehead atoms. The highest BCUT2D eigenvalue weighted by atomic mass is 32.2. The molecule has 0 amide bonds. The molecule has 2 N–H and O–H groups in total. The first-order valence-corrected chi connectivity index (χ1v) is 7.05. The minimum Gasteiger partial charge on any atom is -0.480 e.